The predicted molar refractivity (Wildman–Crippen MR) is 110 cm³/mol. The van der Waals surface area contributed by atoms with Crippen molar-refractivity contribution < 1.29 is 4.79 Å². The van der Waals surface area contributed by atoms with E-state index in [1.165, 1.54) is 16.7 Å². The summed E-state index contributed by atoms with van der Waals surface area (Å²) >= 11 is 0. The Labute approximate surface area is 160 Å². The van der Waals surface area contributed by atoms with E-state index in [4.69, 9.17) is 0 Å². The minimum Gasteiger partial charge on any atom is -0.345 e. The summed E-state index contributed by atoms with van der Waals surface area (Å²) in [5.74, 6) is 0.0224. The Morgan fingerprint density at radius 1 is 1.22 bits per heavy atom. The van der Waals surface area contributed by atoms with Crippen LogP contribution in [0.15, 0.2) is 48.7 Å². The van der Waals surface area contributed by atoms with Crippen LogP contribution in [-0.4, -0.2) is 36.0 Å². The van der Waals surface area contributed by atoms with E-state index in [0.717, 1.165) is 42.4 Å². The zero-order chi connectivity index (χ0) is 19.0. The number of hydrogen-bond acceptors (Lipinski definition) is 2. The number of benzene rings is 2. The molecule has 2 aromatic carbocycles. The minimum atomic E-state index is 0.0224. The first kappa shape index (κ1) is 17.8. The quantitative estimate of drug-likeness (QED) is 0.748. The van der Waals surface area contributed by atoms with Crippen LogP contribution < -0.4 is 5.32 Å². The number of nitrogens with one attached hydrogen (secondary N) is 1. The number of hydrogen-bond donors (Lipinski definition) is 1. The Bertz CT molecular complexity index is 986. The summed E-state index contributed by atoms with van der Waals surface area (Å²) in [4.78, 5) is 15.3. The van der Waals surface area contributed by atoms with Crippen LogP contribution in [0.2, 0.25) is 0 Å². The number of aromatic nitrogens is 1. The Kier molecular flexibility index (Phi) is 4.75. The molecule has 0 saturated carbocycles. The lowest BCUT2D eigenvalue weighted by Crippen LogP contribution is -2.27. The van der Waals surface area contributed by atoms with Crippen molar-refractivity contribution in [2.75, 3.05) is 20.6 Å². The van der Waals surface area contributed by atoms with Crippen molar-refractivity contribution in [1.82, 2.24) is 14.8 Å². The lowest BCUT2D eigenvalue weighted by Gasteiger charge is -2.14. The number of likely N-dealkylation sites (N-methyl/N-ethyl adjacent to an activating group) is 1. The van der Waals surface area contributed by atoms with Crippen LogP contribution in [0.3, 0.4) is 0 Å². The lowest BCUT2D eigenvalue weighted by atomic mass is 10.0. The first-order valence-electron chi connectivity index (χ1n) is 9.66. The topological polar surface area (TPSA) is 37.3 Å². The fraction of sp³-hybridized carbons (Fsp3) is 0.348. The van der Waals surface area contributed by atoms with Crippen molar-refractivity contribution in [3.05, 3.63) is 70.9 Å². The number of para-hydroxylation sites is 1. The van der Waals surface area contributed by atoms with E-state index in [2.05, 4.69) is 60.1 Å². The van der Waals surface area contributed by atoms with Crippen LogP contribution in [0.1, 0.15) is 39.5 Å². The van der Waals surface area contributed by atoms with Crippen molar-refractivity contribution in [3.63, 3.8) is 0 Å². The molecule has 1 aliphatic rings. The highest BCUT2D eigenvalue weighted by Crippen LogP contribution is 2.32. The molecule has 0 fully saturated rings. The Balaban J connectivity index is 1.61. The molecule has 0 bridgehead atoms. The average molecular weight is 361 g/mol. The Hall–Kier alpha value is -2.59. The van der Waals surface area contributed by atoms with Crippen molar-refractivity contribution in [3.8, 4) is 0 Å². The fourth-order valence-electron chi connectivity index (χ4n) is 4.03. The largest absolute Gasteiger partial charge is 0.345 e. The maximum Gasteiger partial charge on any atom is 0.253 e. The summed E-state index contributed by atoms with van der Waals surface area (Å²) in [5.41, 5.74) is 5.77. The molecule has 1 heterocycles. The van der Waals surface area contributed by atoms with Gasteiger partial charge in [0.15, 0.2) is 0 Å². The van der Waals surface area contributed by atoms with E-state index in [1.54, 1.807) is 0 Å². The van der Waals surface area contributed by atoms with Gasteiger partial charge in [-0.3, -0.25) is 4.79 Å². The van der Waals surface area contributed by atoms with Gasteiger partial charge in [0.05, 0.1) is 11.6 Å². The molecule has 140 valence electrons. The molecule has 0 saturated heterocycles. The fourth-order valence-corrected chi connectivity index (χ4v) is 4.03. The summed E-state index contributed by atoms with van der Waals surface area (Å²) in [6, 6.07) is 14.9. The minimum absolute atomic E-state index is 0.0224. The van der Waals surface area contributed by atoms with Gasteiger partial charge in [0.25, 0.3) is 5.91 Å². The Morgan fingerprint density at radius 2 is 2.04 bits per heavy atom. The van der Waals surface area contributed by atoms with Gasteiger partial charge < -0.3 is 14.8 Å². The Morgan fingerprint density at radius 3 is 2.85 bits per heavy atom. The highest BCUT2D eigenvalue weighted by molar-refractivity contribution is 6.07. The van der Waals surface area contributed by atoms with Gasteiger partial charge in [0.2, 0.25) is 0 Å². The molecule has 1 atom stereocenters. The highest BCUT2D eigenvalue weighted by Gasteiger charge is 2.25. The smallest absolute Gasteiger partial charge is 0.253 e. The standard InChI is InChI=1S/C23H27N3O/c1-16-8-9-17-10-11-21(19(17)14-16)24-23(27)20-15-26(13-12-25(2)3)22-7-5-4-6-18(20)22/h4-9,14-15,21H,10-13H2,1-3H3,(H,24,27). The maximum absolute atomic E-state index is 13.1. The van der Waals surface area contributed by atoms with Gasteiger partial charge in [-0.1, -0.05) is 42.0 Å². The van der Waals surface area contributed by atoms with Crippen molar-refractivity contribution >= 4 is 16.8 Å². The van der Waals surface area contributed by atoms with E-state index in [9.17, 15) is 4.79 Å². The summed E-state index contributed by atoms with van der Waals surface area (Å²) in [5, 5.41) is 4.31. The third-order valence-corrected chi connectivity index (χ3v) is 5.51. The lowest BCUT2D eigenvalue weighted by molar-refractivity contribution is 0.0938. The van der Waals surface area contributed by atoms with E-state index >= 15 is 0 Å². The zero-order valence-electron chi connectivity index (χ0n) is 16.3. The second-order valence-electron chi connectivity index (χ2n) is 7.82. The molecule has 1 unspecified atom stereocenters. The summed E-state index contributed by atoms with van der Waals surface area (Å²) in [6.45, 7) is 3.91. The van der Waals surface area contributed by atoms with Gasteiger partial charge in [-0.05, 0) is 51.1 Å². The molecular formula is C23H27N3O. The van der Waals surface area contributed by atoms with Crippen molar-refractivity contribution in [2.24, 2.45) is 0 Å². The second-order valence-corrected chi connectivity index (χ2v) is 7.82. The predicted octanol–water partition coefficient (Wildman–Crippen LogP) is 3.93. The first-order chi connectivity index (χ1) is 13.0. The van der Waals surface area contributed by atoms with Gasteiger partial charge in [-0.25, -0.2) is 0 Å². The first-order valence-corrected chi connectivity index (χ1v) is 9.66. The zero-order valence-corrected chi connectivity index (χ0v) is 16.3. The molecule has 0 aliphatic heterocycles. The van der Waals surface area contributed by atoms with E-state index in [1.807, 2.05) is 24.4 Å². The van der Waals surface area contributed by atoms with Crippen LogP contribution in [0.4, 0.5) is 0 Å². The van der Waals surface area contributed by atoms with Crippen molar-refractivity contribution in [1.29, 1.82) is 0 Å². The summed E-state index contributed by atoms with van der Waals surface area (Å²) < 4.78 is 2.19. The molecule has 4 nitrogen and oxygen atoms in total. The number of amides is 1. The number of aryl methyl sites for hydroxylation is 2. The molecule has 1 aromatic heterocycles. The molecule has 4 heteroatoms. The molecule has 1 aliphatic carbocycles. The van der Waals surface area contributed by atoms with E-state index < -0.39 is 0 Å². The summed E-state index contributed by atoms with van der Waals surface area (Å²) in [6.07, 6.45) is 4.02. The second kappa shape index (κ2) is 7.20. The van der Waals surface area contributed by atoms with Gasteiger partial charge >= 0.3 is 0 Å². The molecule has 0 spiro atoms. The molecule has 27 heavy (non-hydrogen) atoms. The van der Waals surface area contributed by atoms with Crippen LogP contribution in [0, 0.1) is 6.92 Å². The monoisotopic (exact) mass is 361 g/mol. The number of nitrogens with zero attached hydrogens (tertiary/aromatic N) is 2. The van der Waals surface area contributed by atoms with E-state index in [0.29, 0.717) is 0 Å². The number of fused-ring (bicyclic) bond motifs is 2. The molecule has 1 N–H and O–H groups in total. The van der Waals surface area contributed by atoms with Gasteiger partial charge in [-0.2, -0.15) is 0 Å². The number of carbonyl (C=O) groups excluding carboxylic acids is 1. The molecule has 1 amide bonds. The van der Waals surface area contributed by atoms with Crippen LogP contribution in [-0.2, 0) is 13.0 Å². The van der Waals surface area contributed by atoms with Crippen LogP contribution in [0.5, 0.6) is 0 Å². The maximum atomic E-state index is 13.1. The normalized spacial score (nSPS) is 16.1. The molecular weight excluding hydrogens is 334 g/mol. The molecule has 3 aromatic rings. The van der Waals surface area contributed by atoms with E-state index in [-0.39, 0.29) is 11.9 Å². The molecule has 4 rings (SSSR count). The number of rotatable bonds is 5. The average Bonchev–Trinajstić information content (AvgIpc) is 3.21. The van der Waals surface area contributed by atoms with Crippen LogP contribution in [0.25, 0.3) is 10.9 Å². The number of carbonyl (C=O) groups is 1. The van der Waals surface area contributed by atoms with Crippen molar-refractivity contribution in [2.45, 2.75) is 32.4 Å². The SMILES string of the molecule is Cc1ccc2c(c1)C(NC(=O)c1cn(CCN(C)C)c3ccccc13)CC2. The highest BCUT2D eigenvalue weighted by atomic mass is 16.1. The third kappa shape index (κ3) is 3.50. The van der Waals surface area contributed by atoms with Crippen LogP contribution >= 0.6 is 0 Å². The van der Waals surface area contributed by atoms with Gasteiger partial charge in [0, 0.05) is 30.2 Å². The van der Waals surface area contributed by atoms with Gasteiger partial charge in [0.1, 0.15) is 0 Å². The molecule has 0 radical (unpaired) electrons. The van der Waals surface area contributed by atoms with Gasteiger partial charge in [-0.15, -0.1) is 0 Å². The summed E-state index contributed by atoms with van der Waals surface area (Å²) in [7, 11) is 4.14. The third-order valence-electron chi connectivity index (χ3n) is 5.51.